The van der Waals surface area contributed by atoms with E-state index >= 15 is 0 Å². The number of pyridine rings is 1. The van der Waals surface area contributed by atoms with Gasteiger partial charge in [0.2, 0.25) is 5.91 Å². The monoisotopic (exact) mass is 410 g/mol. The normalized spacial score (nSPS) is 16.1. The zero-order chi connectivity index (χ0) is 20.4. The molecule has 150 valence electrons. The number of rotatable bonds is 5. The van der Waals surface area contributed by atoms with Crippen LogP contribution in [0.15, 0.2) is 54.7 Å². The molecule has 2 aromatic heterocycles. The van der Waals surface area contributed by atoms with Crippen LogP contribution in [0.2, 0.25) is 5.15 Å². The molecule has 4 rings (SSSR count). The van der Waals surface area contributed by atoms with Crippen molar-refractivity contribution in [3.05, 3.63) is 65.6 Å². The van der Waals surface area contributed by atoms with Crippen LogP contribution in [0, 0.1) is 0 Å². The second kappa shape index (κ2) is 8.17. The van der Waals surface area contributed by atoms with Gasteiger partial charge >= 0.3 is 0 Å². The third-order valence-electron chi connectivity index (χ3n) is 5.06. The second-order valence-corrected chi connectivity index (χ2v) is 7.37. The number of nitrogens with zero attached hydrogens (tertiary/aromatic N) is 4. The molecule has 1 aromatic carbocycles. The highest BCUT2D eigenvalue weighted by atomic mass is 35.5. The molecule has 0 bridgehead atoms. The molecule has 0 fully saturated rings. The van der Waals surface area contributed by atoms with Crippen LogP contribution in [-0.2, 0) is 4.79 Å². The van der Waals surface area contributed by atoms with E-state index in [4.69, 9.17) is 16.3 Å². The third-order valence-corrected chi connectivity index (χ3v) is 5.34. The number of para-hydroxylation sites is 2. The van der Waals surface area contributed by atoms with Crippen molar-refractivity contribution >= 4 is 34.9 Å². The van der Waals surface area contributed by atoms with Crippen LogP contribution in [0.1, 0.15) is 12.6 Å². The van der Waals surface area contributed by atoms with E-state index in [1.54, 1.807) is 18.0 Å². The van der Waals surface area contributed by atoms with Gasteiger partial charge in [0.25, 0.3) is 0 Å². The van der Waals surface area contributed by atoms with Crippen LogP contribution in [0.25, 0.3) is 11.7 Å². The Kier molecular flexibility index (Phi) is 5.45. The maximum atomic E-state index is 12.7. The lowest BCUT2D eigenvalue weighted by Crippen LogP contribution is -2.46. The van der Waals surface area contributed by atoms with Crippen molar-refractivity contribution in [2.24, 2.45) is 0 Å². The number of ether oxygens (including phenoxy) is 1. The highest BCUT2D eigenvalue weighted by Crippen LogP contribution is 2.32. The van der Waals surface area contributed by atoms with E-state index in [1.807, 2.05) is 47.0 Å². The fourth-order valence-corrected chi connectivity index (χ4v) is 3.82. The van der Waals surface area contributed by atoms with Crippen molar-refractivity contribution in [2.45, 2.75) is 13.0 Å². The predicted molar refractivity (Wildman–Crippen MR) is 116 cm³/mol. The van der Waals surface area contributed by atoms with E-state index < -0.39 is 0 Å². The molecule has 0 spiro atoms. The molecular formula is C22H23ClN4O2. The molecule has 29 heavy (non-hydrogen) atoms. The van der Waals surface area contributed by atoms with Gasteiger partial charge in [0.05, 0.1) is 24.5 Å². The van der Waals surface area contributed by atoms with Gasteiger partial charge in [0.1, 0.15) is 17.5 Å². The highest BCUT2D eigenvalue weighted by Gasteiger charge is 2.26. The van der Waals surface area contributed by atoms with Crippen molar-refractivity contribution in [2.75, 3.05) is 31.6 Å². The summed E-state index contributed by atoms with van der Waals surface area (Å²) in [6, 6.07) is 13.7. The van der Waals surface area contributed by atoms with Crippen molar-refractivity contribution in [3.8, 4) is 5.75 Å². The van der Waals surface area contributed by atoms with Gasteiger partial charge in [0, 0.05) is 25.9 Å². The smallest absolute Gasteiger partial charge is 0.246 e. The first kappa shape index (κ1) is 19.3. The van der Waals surface area contributed by atoms with Gasteiger partial charge in [-0.15, -0.1) is 0 Å². The molecule has 0 saturated carbocycles. The summed E-state index contributed by atoms with van der Waals surface area (Å²) in [6.07, 6.45) is 5.01. The molecule has 0 radical (unpaired) electrons. The minimum absolute atomic E-state index is 0.0911. The second-order valence-electron chi connectivity index (χ2n) is 7.02. The van der Waals surface area contributed by atoms with Crippen molar-refractivity contribution in [3.63, 3.8) is 0 Å². The first-order valence-corrected chi connectivity index (χ1v) is 10.0. The third kappa shape index (κ3) is 3.93. The Labute approximate surface area is 175 Å². The number of halogens is 1. The zero-order valence-corrected chi connectivity index (χ0v) is 17.2. The summed E-state index contributed by atoms with van der Waals surface area (Å²) < 4.78 is 7.97. The molecule has 3 heterocycles. The number of hydrogen-bond acceptors (Lipinski definition) is 4. The molecule has 0 aliphatic carbocycles. The average Bonchev–Trinajstić information content (AvgIpc) is 3.06. The van der Waals surface area contributed by atoms with Crippen LogP contribution in [0.3, 0.4) is 0 Å². The zero-order valence-electron chi connectivity index (χ0n) is 16.5. The van der Waals surface area contributed by atoms with Gasteiger partial charge in [-0.05, 0) is 37.3 Å². The van der Waals surface area contributed by atoms with E-state index in [-0.39, 0.29) is 12.0 Å². The van der Waals surface area contributed by atoms with Crippen molar-refractivity contribution < 1.29 is 9.53 Å². The fraction of sp³-hybridized carbons (Fsp3) is 0.273. The number of benzene rings is 1. The number of hydrogen-bond donors (Lipinski definition) is 0. The Bertz CT molecular complexity index is 1060. The molecule has 1 aliphatic heterocycles. The summed E-state index contributed by atoms with van der Waals surface area (Å²) >= 11 is 6.23. The summed E-state index contributed by atoms with van der Waals surface area (Å²) in [4.78, 5) is 20.9. The molecule has 1 aliphatic rings. The van der Waals surface area contributed by atoms with Crippen molar-refractivity contribution in [1.29, 1.82) is 0 Å². The molecule has 1 amide bonds. The number of carbonyl (C=O) groups excluding carboxylic acids is 1. The summed E-state index contributed by atoms with van der Waals surface area (Å²) in [6.45, 7) is 4.25. The fourth-order valence-electron chi connectivity index (χ4n) is 3.58. The first-order valence-electron chi connectivity index (χ1n) is 9.63. The Morgan fingerprint density at radius 1 is 1.31 bits per heavy atom. The van der Waals surface area contributed by atoms with Gasteiger partial charge in [-0.3, -0.25) is 9.20 Å². The maximum Gasteiger partial charge on any atom is 0.246 e. The lowest BCUT2D eigenvalue weighted by Gasteiger charge is -2.37. The molecule has 7 heteroatoms. The number of aromatic nitrogens is 2. The summed E-state index contributed by atoms with van der Waals surface area (Å²) in [5, 5.41) is 0.369. The molecule has 1 atom stereocenters. The summed E-state index contributed by atoms with van der Waals surface area (Å²) in [7, 11) is 1.78. The Hall–Kier alpha value is -2.99. The summed E-state index contributed by atoms with van der Waals surface area (Å²) in [5.74, 6) is 0.747. The maximum absolute atomic E-state index is 12.7. The number of likely N-dealkylation sites (N-methyl/N-ethyl adjacent to an activating group) is 2. The predicted octanol–water partition coefficient (Wildman–Crippen LogP) is 3.75. The van der Waals surface area contributed by atoms with E-state index in [0.29, 0.717) is 17.4 Å². The van der Waals surface area contributed by atoms with E-state index in [9.17, 15) is 4.79 Å². The number of imidazole rings is 1. The van der Waals surface area contributed by atoms with Crippen LogP contribution >= 0.6 is 11.6 Å². The molecule has 6 nitrogen and oxygen atoms in total. The van der Waals surface area contributed by atoms with Gasteiger partial charge in [-0.1, -0.05) is 29.8 Å². The standard InChI is InChI=1S/C22H23ClN4O2/c1-3-26-15-16(29-19-9-5-4-8-17(19)26)14-25(2)21(28)12-11-18-22(23)24-20-10-6-7-13-27(18)20/h4-13,16H,3,14-15H2,1-2H3/b12-11+/t16-/m0/s1. The van der Waals surface area contributed by atoms with Gasteiger partial charge in [-0.2, -0.15) is 0 Å². The average molecular weight is 411 g/mol. The van der Waals surface area contributed by atoms with Gasteiger partial charge in [-0.25, -0.2) is 4.98 Å². The number of carbonyl (C=O) groups is 1. The number of fused-ring (bicyclic) bond motifs is 2. The molecule has 0 unspecified atom stereocenters. The molecule has 0 saturated heterocycles. The van der Waals surface area contributed by atoms with Crippen LogP contribution in [0.4, 0.5) is 5.69 Å². The van der Waals surface area contributed by atoms with Gasteiger partial charge in [0.15, 0.2) is 5.15 Å². The summed E-state index contributed by atoms with van der Waals surface area (Å²) in [5.41, 5.74) is 2.53. The molecule has 0 N–H and O–H groups in total. The Balaban J connectivity index is 1.45. The molecule has 3 aromatic rings. The first-order chi connectivity index (χ1) is 14.1. The van der Waals surface area contributed by atoms with Crippen molar-refractivity contribution in [1.82, 2.24) is 14.3 Å². The lowest BCUT2D eigenvalue weighted by molar-refractivity contribution is -0.125. The minimum atomic E-state index is -0.113. The highest BCUT2D eigenvalue weighted by molar-refractivity contribution is 6.31. The van der Waals surface area contributed by atoms with Crippen LogP contribution in [-0.4, -0.2) is 53.0 Å². The van der Waals surface area contributed by atoms with Gasteiger partial charge < -0.3 is 14.5 Å². The van der Waals surface area contributed by atoms with E-state index in [2.05, 4.69) is 22.9 Å². The van der Waals surface area contributed by atoms with Crippen LogP contribution < -0.4 is 9.64 Å². The number of anilines is 1. The minimum Gasteiger partial charge on any atom is -0.485 e. The Morgan fingerprint density at radius 3 is 2.93 bits per heavy atom. The topological polar surface area (TPSA) is 50.1 Å². The van der Waals surface area contributed by atoms with E-state index in [1.165, 1.54) is 6.08 Å². The Morgan fingerprint density at radius 2 is 2.10 bits per heavy atom. The SMILES string of the molecule is CCN1C[C@H](CN(C)C(=O)/C=C/c2c(Cl)nc3ccccn23)Oc2ccccc21. The van der Waals surface area contributed by atoms with Crippen LogP contribution in [0.5, 0.6) is 5.75 Å². The lowest BCUT2D eigenvalue weighted by atomic mass is 10.2. The largest absolute Gasteiger partial charge is 0.485 e. The van der Waals surface area contributed by atoms with E-state index in [0.717, 1.165) is 30.2 Å². The number of amides is 1. The quantitative estimate of drug-likeness (QED) is 0.601. The molecular weight excluding hydrogens is 388 g/mol.